The van der Waals surface area contributed by atoms with Crippen LogP contribution in [0.1, 0.15) is 47.9 Å². The van der Waals surface area contributed by atoms with Crippen molar-refractivity contribution < 1.29 is 9.59 Å². The van der Waals surface area contributed by atoms with Crippen molar-refractivity contribution in [2.24, 2.45) is 7.05 Å². The zero-order valence-corrected chi connectivity index (χ0v) is 16.8. The second-order valence-corrected chi connectivity index (χ2v) is 7.89. The molecule has 0 aliphatic heterocycles. The molecule has 1 saturated carbocycles. The number of nitrogens with one attached hydrogen (secondary N) is 1. The maximum absolute atomic E-state index is 12.4. The lowest BCUT2D eigenvalue weighted by Gasteiger charge is -2.10. The maximum atomic E-state index is 12.4. The fourth-order valence-electron chi connectivity index (χ4n) is 3.40. The maximum Gasteiger partial charge on any atom is 0.234 e. The van der Waals surface area contributed by atoms with Gasteiger partial charge in [-0.15, -0.1) is 5.10 Å². The van der Waals surface area contributed by atoms with Crippen molar-refractivity contribution in [2.75, 3.05) is 11.1 Å². The highest BCUT2D eigenvalue weighted by atomic mass is 32.2. The Morgan fingerprint density at radius 2 is 1.97 bits per heavy atom. The average molecular weight is 411 g/mol. The Hall–Kier alpha value is -3.01. The topological polar surface area (TPSA) is 108 Å². The van der Waals surface area contributed by atoms with Crippen molar-refractivity contribution in [3.05, 3.63) is 48.0 Å². The number of carbonyl (C=O) groups excluding carboxylic acids is 2. The van der Waals surface area contributed by atoms with Crippen molar-refractivity contribution in [1.82, 2.24) is 29.8 Å². The van der Waals surface area contributed by atoms with Gasteiger partial charge in [0.25, 0.3) is 0 Å². The summed E-state index contributed by atoms with van der Waals surface area (Å²) in [6.45, 7) is 0. The van der Waals surface area contributed by atoms with Crippen LogP contribution in [0.25, 0.3) is 0 Å². The smallest absolute Gasteiger partial charge is 0.234 e. The Morgan fingerprint density at radius 1 is 1.21 bits per heavy atom. The first-order valence-corrected chi connectivity index (χ1v) is 10.4. The van der Waals surface area contributed by atoms with Crippen LogP contribution < -0.4 is 5.32 Å². The monoisotopic (exact) mass is 411 g/mol. The molecule has 1 fully saturated rings. The van der Waals surface area contributed by atoms with E-state index in [4.69, 9.17) is 0 Å². The van der Waals surface area contributed by atoms with Gasteiger partial charge in [0.1, 0.15) is 0 Å². The SMILES string of the molecule is Cn1ccnc1C(=O)c1ccc(NC(=O)CSc2nnnn2C2CCCC2)cc1. The van der Waals surface area contributed by atoms with Gasteiger partial charge in [-0.05, 0) is 47.5 Å². The summed E-state index contributed by atoms with van der Waals surface area (Å²) in [4.78, 5) is 28.8. The van der Waals surface area contributed by atoms with Gasteiger partial charge in [0.15, 0.2) is 5.82 Å². The quantitative estimate of drug-likeness (QED) is 0.470. The van der Waals surface area contributed by atoms with Gasteiger partial charge in [0.05, 0.1) is 11.8 Å². The molecule has 29 heavy (non-hydrogen) atoms. The summed E-state index contributed by atoms with van der Waals surface area (Å²) in [5.41, 5.74) is 1.14. The summed E-state index contributed by atoms with van der Waals surface area (Å²) in [5.74, 6) is 0.267. The minimum Gasteiger partial charge on any atom is -0.331 e. The van der Waals surface area contributed by atoms with Gasteiger partial charge < -0.3 is 9.88 Å². The number of benzene rings is 1. The molecule has 1 aromatic carbocycles. The van der Waals surface area contributed by atoms with Crippen LogP contribution in [0.5, 0.6) is 0 Å². The fraction of sp³-hybridized carbons (Fsp3) is 0.368. The Kier molecular flexibility index (Phi) is 5.70. The molecule has 1 aliphatic rings. The number of aryl methyl sites for hydroxylation is 1. The first-order chi connectivity index (χ1) is 14.1. The standard InChI is InChI=1S/C19H21N7O2S/c1-25-11-10-20-18(25)17(28)13-6-8-14(9-7-13)21-16(27)12-29-19-22-23-24-26(19)15-4-2-3-5-15/h6-11,15H,2-5,12H2,1H3,(H,21,27). The summed E-state index contributed by atoms with van der Waals surface area (Å²) in [6.07, 6.45) is 7.84. The van der Waals surface area contributed by atoms with Gasteiger partial charge in [-0.2, -0.15) is 0 Å². The lowest BCUT2D eigenvalue weighted by atomic mass is 10.1. The van der Waals surface area contributed by atoms with Gasteiger partial charge in [0.2, 0.25) is 16.8 Å². The van der Waals surface area contributed by atoms with E-state index in [0.29, 0.717) is 28.3 Å². The minimum atomic E-state index is -0.162. The number of nitrogens with zero attached hydrogens (tertiary/aromatic N) is 6. The largest absolute Gasteiger partial charge is 0.331 e. The second-order valence-electron chi connectivity index (χ2n) is 6.95. The van der Waals surface area contributed by atoms with Crippen LogP contribution in [-0.4, -0.2) is 47.2 Å². The third kappa shape index (κ3) is 4.37. The third-order valence-corrected chi connectivity index (χ3v) is 5.85. The number of imidazole rings is 1. The fourth-order valence-corrected chi connectivity index (χ4v) is 4.15. The molecule has 0 bridgehead atoms. The van der Waals surface area contributed by atoms with Crippen LogP contribution in [0, 0.1) is 0 Å². The molecule has 2 aromatic heterocycles. The molecule has 0 atom stereocenters. The zero-order valence-electron chi connectivity index (χ0n) is 16.0. The number of anilines is 1. The molecule has 0 spiro atoms. The first kappa shape index (κ1) is 19.3. The number of aromatic nitrogens is 6. The zero-order chi connectivity index (χ0) is 20.2. The normalized spacial score (nSPS) is 14.2. The van der Waals surface area contributed by atoms with E-state index in [9.17, 15) is 9.59 Å². The van der Waals surface area contributed by atoms with E-state index >= 15 is 0 Å². The Labute approximate surface area is 171 Å². The van der Waals surface area contributed by atoms with E-state index < -0.39 is 0 Å². The average Bonchev–Trinajstić information content (AvgIpc) is 3.47. The summed E-state index contributed by atoms with van der Waals surface area (Å²) in [6, 6.07) is 7.11. The molecule has 0 radical (unpaired) electrons. The molecular weight excluding hydrogens is 390 g/mol. The Morgan fingerprint density at radius 3 is 2.66 bits per heavy atom. The van der Waals surface area contributed by atoms with Gasteiger partial charge in [-0.1, -0.05) is 24.6 Å². The van der Waals surface area contributed by atoms with E-state index in [2.05, 4.69) is 25.8 Å². The molecule has 1 aliphatic carbocycles. The van der Waals surface area contributed by atoms with Gasteiger partial charge in [0, 0.05) is 30.7 Å². The van der Waals surface area contributed by atoms with Crippen molar-refractivity contribution >= 4 is 29.1 Å². The molecule has 0 unspecified atom stereocenters. The molecule has 2 heterocycles. The number of rotatable bonds is 7. The van der Waals surface area contributed by atoms with E-state index in [1.165, 1.54) is 24.6 Å². The molecular formula is C19H21N7O2S. The number of ketones is 1. The predicted octanol–water partition coefficient (Wildman–Crippen LogP) is 2.48. The summed E-state index contributed by atoms with van der Waals surface area (Å²) in [5, 5.41) is 15.4. The molecule has 4 rings (SSSR count). The number of thioether (sulfide) groups is 1. The lowest BCUT2D eigenvalue weighted by Crippen LogP contribution is -2.15. The summed E-state index contributed by atoms with van der Waals surface area (Å²) < 4.78 is 3.51. The van der Waals surface area contributed by atoms with Crippen molar-refractivity contribution in [3.63, 3.8) is 0 Å². The minimum absolute atomic E-state index is 0.154. The second kappa shape index (κ2) is 8.56. The summed E-state index contributed by atoms with van der Waals surface area (Å²) >= 11 is 1.33. The van der Waals surface area contributed by atoms with Crippen LogP contribution >= 0.6 is 11.8 Å². The number of hydrogen-bond donors (Lipinski definition) is 1. The van der Waals surface area contributed by atoms with Crippen molar-refractivity contribution in [1.29, 1.82) is 0 Å². The van der Waals surface area contributed by atoms with E-state index in [1.54, 1.807) is 48.3 Å². The van der Waals surface area contributed by atoms with Crippen LogP contribution in [0.2, 0.25) is 0 Å². The van der Waals surface area contributed by atoms with Gasteiger partial charge >= 0.3 is 0 Å². The highest BCUT2D eigenvalue weighted by Crippen LogP contribution is 2.31. The Balaban J connectivity index is 1.33. The van der Waals surface area contributed by atoms with Crippen LogP contribution in [0.4, 0.5) is 5.69 Å². The molecule has 9 nitrogen and oxygen atoms in total. The third-order valence-electron chi connectivity index (χ3n) is 4.92. The summed E-state index contributed by atoms with van der Waals surface area (Å²) in [7, 11) is 1.77. The van der Waals surface area contributed by atoms with Crippen LogP contribution in [-0.2, 0) is 11.8 Å². The lowest BCUT2D eigenvalue weighted by molar-refractivity contribution is -0.113. The van der Waals surface area contributed by atoms with E-state index in [0.717, 1.165) is 12.8 Å². The van der Waals surface area contributed by atoms with Gasteiger partial charge in [-0.3, -0.25) is 9.59 Å². The first-order valence-electron chi connectivity index (χ1n) is 9.44. The van der Waals surface area contributed by atoms with E-state index in [-0.39, 0.29) is 17.4 Å². The number of carbonyl (C=O) groups is 2. The highest BCUT2D eigenvalue weighted by Gasteiger charge is 2.22. The number of hydrogen-bond acceptors (Lipinski definition) is 7. The number of tetrazole rings is 1. The molecule has 1 amide bonds. The van der Waals surface area contributed by atoms with Crippen molar-refractivity contribution in [2.45, 2.75) is 36.9 Å². The van der Waals surface area contributed by atoms with E-state index in [1.807, 2.05) is 4.68 Å². The molecule has 0 saturated heterocycles. The molecule has 10 heteroatoms. The van der Waals surface area contributed by atoms with Crippen LogP contribution in [0.3, 0.4) is 0 Å². The molecule has 150 valence electrons. The Bertz CT molecular complexity index is 1010. The molecule has 1 N–H and O–H groups in total. The molecule has 3 aromatic rings. The highest BCUT2D eigenvalue weighted by molar-refractivity contribution is 7.99. The predicted molar refractivity (Wildman–Crippen MR) is 108 cm³/mol. The number of amides is 1. The van der Waals surface area contributed by atoms with Crippen molar-refractivity contribution in [3.8, 4) is 0 Å². The van der Waals surface area contributed by atoms with Gasteiger partial charge in [-0.25, -0.2) is 9.67 Å². The van der Waals surface area contributed by atoms with Crippen LogP contribution in [0.15, 0.2) is 41.8 Å².